The number of benzene rings is 2. The van der Waals surface area contributed by atoms with Crippen LogP contribution in [0.15, 0.2) is 65.7 Å². The van der Waals surface area contributed by atoms with Crippen LogP contribution in [0.1, 0.15) is 30.9 Å². The Hall–Kier alpha value is -2.57. The Bertz CT molecular complexity index is 1080. The van der Waals surface area contributed by atoms with E-state index in [4.69, 9.17) is 0 Å². The van der Waals surface area contributed by atoms with Crippen molar-refractivity contribution < 1.29 is 8.42 Å². The molecule has 1 heterocycles. The first-order chi connectivity index (χ1) is 14.1. The molecular formula is C23H27N3O2S. The minimum absolute atomic E-state index is 0.268. The van der Waals surface area contributed by atoms with Gasteiger partial charge >= 0.3 is 0 Å². The van der Waals surface area contributed by atoms with Crippen LogP contribution in [-0.2, 0) is 22.9 Å². The van der Waals surface area contributed by atoms with E-state index in [-0.39, 0.29) is 4.90 Å². The number of aromatic nitrogens is 1. The van der Waals surface area contributed by atoms with E-state index in [9.17, 15) is 8.42 Å². The number of nitrogens with one attached hydrogen (secondary N) is 3. The topological polar surface area (TPSA) is 74.0 Å². The second kappa shape index (κ2) is 8.43. The van der Waals surface area contributed by atoms with Gasteiger partial charge in [-0.05, 0) is 73.7 Å². The Balaban J connectivity index is 1.56. The maximum Gasteiger partial charge on any atom is 0.262 e. The molecule has 2 aromatic carbocycles. The lowest BCUT2D eigenvalue weighted by molar-refractivity contribution is 0.459. The molecule has 0 aliphatic heterocycles. The average Bonchev–Trinajstić information content (AvgIpc) is 3.27. The molecule has 0 saturated heterocycles. The molecule has 0 fully saturated rings. The second-order valence-electron chi connectivity index (χ2n) is 7.56. The predicted molar refractivity (Wildman–Crippen MR) is 118 cm³/mol. The Morgan fingerprint density at radius 3 is 2.72 bits per heavy atom. The van der Waals surface area contributed by atoms with Crippen LogP contribution in [0.25, 0.3) is 11.3 Å². The van der Waals surface area contributed by atoms with Crippen molar-refractivity contribution in [1.29, 1.82) is 0 Å². The molecular weight excluding hydrogens is 382 g/mol. The molecule has 1 aliphatic carbocycles. The van der Waals surface area contributed by atoms with Crippen molar-refractivity contribution in [3.63, 3.8) is 0 Å². The highest BCUT2D eigenvalue weighted by atomic mass is 32.2. The van der Waals surface area contributed by atoms with Gasteiger partial charge in [0.05, 0.1) is 4.90 Å². The fraction of sp³-hybridized carbons (Fsp3) is 0.304. The molecule has 4 rings (SSSR count). The van der Waals surface area contributed by atoms with Gasteiger partial charge in [0.1, 0.15) is 0 Å². The lowest BCUT2D eigenvalue weighted by Crippen LogP contribution is -2.35. The molecule has 6 heteroatoms. The number of sulfonamides is 1. The first-order valence-electron chi connectivity index (χ1n) is 10.2. The molecule has 3 aromatic rings. The highest BCUT2D eigenvalue weighted by Gasteiger charge is 2.22. The number of aryl methyl sites for hydroxylation is 1. The van der Waals surface area contributed by atoms with Gasteiger partial charge in [-0.15, -0.1) is 0 Å². The molecule has 5 nitrogen and oxygen atoms in total. The molecule has 0 bridgehead atoms. The van der Waals surface area contributed by atoms with Crippen LogP contribution in [0.4, 0.5) is 5.69 Å². The van der Waals surface area contributed by atoms with E-state index in [1.807, 2.05) is 36.4 Å². The van der Waals surface area contributed by atoms with Gasteiger partial charge in [0.15, 0.2) is 0 Å². The van der Waals surface area contributed by atoms with Crippen LogP contribution in [0.2, 0.25) is 0 Å². The smallest absolute Gasteiger partial charge is 0.262 e. The maximum atomic E-state index is 13.1. The molecule has 3 N–H and O–H groups in total. The number of hydrogen-bond donors (Lipinski definition) is 3. The van der Waals surface area contributed by atoms with Gasteiger partial charge in [0, 0.05) is 29.2 Å². The van der Waals surface area contributed by atoms with Crippen molar-refractivity contribution in [2.75, 3.05) is 11.3 Å². The lowest BCUT2D eigenvalue weighted by Gasteiger charge is -2.26. The lowest BCUT2D eigenvalue weighted by atomic mass is 9.88. The summed E-state index contributed by atoms with van der Waals surface area (Å²) >= 11 is 0. The van der Waals surface area contributed by atoms with Crippen LogP contribution in [-0.4, -0.2) is 26.0 Å². The third kappa shape index (κ3) is 4.38. The first kappa shape index (κ1) is 19.7. The quantitative estimate of drug-likeness (QED) is 0.543. The standard InChI is InChI=1S/C23H27N3O2S/c1-2-13-24-19-11-9-18-16-20(12-10-17(18)15-19)26-29(27,28)23-8-4-3-6-21(23)22-7-5-14-25-22/h3-8,10,12,14,16,19,24-26H,2,9,11,13,15H2,1H3/t19-/m1/s1. The van der Waals surface area contributed by atoms with Crippen LogP contribution in [0.5, 0.6) is 0 Å². The van der Waals surface area contributed by atoms with Crippen LogP contribution >= 0.6 is 0 Å². The van der Waals surface area contributed by atoms with Crippen molar-refractivity contribution in [3.8, 4) is 11.3 Å². The summed E-state index contributed by atoms with van der Waals surface area (Å²) in [6.45, 7) is 3.22. The molecule has 0 amide bonds. The Kier molecular flexibility index (Phi) is 5.74. The summed E-state index contributed by atoms with van der Waals surface area (Å²) < 4.78 is 29.0. The zero-order chi connectivity index (χ0) is 20.3. The van der Waals surface area contributed by atoms with Crippen LogP contribution in [0.3, 0.4) is 0 Å². The summed E-state index contributed by atoms with van der Waals surface area (Å²) in [6, 6.07) is 17.2. The predicted octanol–water partition coefficient (Wildman–Crippen LogP) is 4.34. The van der Waals surface area contributed by atoms with Gasteiger partial charge in [-0.3, -0.25) is 4.72 Å². The minimum Gasteiger partial charge on any atom is -0.361 e. The third-order valence-corrected chi connectivity index (χ3v) is 6.87. The fourth-order valence-electron chi connectivity index (χ4n) is 3.97. The second-order valence-corrected chi connectivity index (χ2v) is 9.21. The van der Waals surface area contributed by atoms with E-state index < -0.39 is 10.0 Å². The van der Waals surface area contributed by atoms with E-state index in [1.165, 1.54) is 11.1 Å². The normalized spacial score (nSPS) is 16.4. The van der Waals surface area contributed by atoms with Gasteiger partial charge in [-0.25, -0.2) is 8.42 Å². The molecule has 1 aromatic heterocycles. The summed E-state index contributed by atoms with van der Waals surface area (Å²) in [5.74, 6) is 0. The molecule has 29 heavy (non-hydrogen) atoms. The zero-order valence-electron chi connectivity index (χ0n) is 16.6. The maximum absolute atomic E-state index is 13.1. The zero-order valence-corrected chi connectivity index (χ0v) is 17.4. The summed E-state index contributed by atoms with van der Waals surface area (Å²) in [6.07, 6.45) is 5.97. The highest BCUT2D eigenvalue weighted by Crippen LogP contribution is 2.29. The van der Waals surface area contributed by atoms with Gasteiger partial charge in [0.2, 0.25) is 0 Å². The van der Waals surface area contributed by atoms with E-state index >= 15 is 0 Å². The van der Waals surface area contributed by atoms with Crippen LogP contribution < -0.4 is 10.0 Å². The summed E-state index contributed by atoms with van der Waals surface area (Å²) in [7, 11) is -3.70. The molecule has 0 radical (unpaired) electrons. The summed E-state index contributed by atoms with van der Waals surface area (Å²) in [5.41, 5.74) is 4.59. The monoisotopic (exact) mass is 409 g/mol. The fourth-order valence-corrected chi connectivity index (χ4v) is 5.25. The average molecular weight is 410 g/mol. The largest absolute Gasteiger partial charge is 0.361 e. The number of hydrogen-bond acceptors (Lipinski definition) is 3. The van der Waals surface area contributed by atoms with Gasteiger partial charge in [0.25, 0.3) is 10.0 Å². The van der Waals surface area contributed by atoms with Crippen molar-refractivity contribution >= 4 is 15.7 Å². The van der Waals surface area contributed by atoms with Gasteiger partial charge < -0.3 is 10.3 Å². The van der Waals surface area contributed by atoms with Gasteiger partial charge in [-0.2, -0.15) is 0 Å². The molecule has 0 unspecified atom stereocenters. The SMILES string of the molecule is CCCN[C@@H]1CCc2cc(NS(=O)(=O)c3ccccc3-c3ccc[nH]3)ccc2C1. The Labute approximate surface area is 172 Å². The van der Waals surface area contributed by atoms with Crippen molar-refractivity contribution in [3.05, 3.63) is 71.9 Å². The number of anilines is 1. The Morgan fingerprint density at radius 2 is 1.93 bits per heavy atom. The number of H-pyrrole nitrogens is 1. The van der Waals surface area contributed by atoms with E-state index in [2.05, 4.69) is 28.0 Å². The first-order valence-corrected chi connectivity index (χ1v) is 11.7. The molecule has 1 atom stereocenters. The van der Waals surface area contributed by atoms with Gasteiger partial charge in [-0.1, -0.05) is 31.2 Å². The number of rotatable bonds is 7. The summed E-state index contributed by atoms with van der Waals surface area (Å²) in [5, 5.41) is 3.59. The van der Waals surface area contributed by atoms with E-state index in [0.29, 0.717) is 17.3 Å². The third-order valence-electron chi connectivity index (χ3n) is 5.43. The number of aromatic amines is 1. The minimum atomic E-state index is -3.70. The molecule has 1 aliphatic rings. The van der Waals surface area contributed by atoms with Crippen molar-refractivity contribution in [2.24, 2.45) is 0 Å². The Morgan fingerprint density at radius 1 is 1.07 bits per heavy atom. The van der Waals surface area contributed by atoms with E-state index in [1.54, 1.807) is 18.3 Å². The highest BCUT2D eigenvalue weighted by molar-refractivity contribution is 7.92. The number of fused-ring (bicyclic) bond motifs is 1. The molecule has 152 valence electrons. The summed E-state index contributed by atoms with van der Waals surface area (Å²) in [4.78, 5) is 3.36. The molecule has 0 saturated carbocycles. The van der Waals surface area contributed by atoms with E-state index in [0.717, 1.165) is 37.9 Å². The van der Waals surface area contributed by atoms with Crippen molar-refractivity contribution in [1.82, 2.24) is 10.3 Å². The van der Waals surface area contributed by atoms with Crippen LogP contribution in [0, 0.1) is 0 Å². The molecule has 0 spiro atoms. The van der Waals surface area contributed by atoms with Crippen molar-refractivity contribution in [2.45, 2.75) is 43.5 Å².